The van der Waals surface area contributed by atoms with Crippen LogP contribution in [0, 0.1) is 11.8 Å². The third kappa shape index (κ3) is 3.13. The fourth-order valence-electron chi connectivity index (χ4n) is 4.17. The maximum absolute atomic E-state index is 12.9. The van der Waals surface area contributed by atoms with E-state index in [1.54, 1.807) is 18.2 Å². The molecule has 3 heterocycles. The summed E-state index contributed by atoms with van der Waals surface area (Å²) in [7, 11) is -3.62. The Hall–Kier alpha value is -1.89. The summed E-state index contributed by atoms with van der Waals surface area (Å²) in [6.45, 7) is 5.21. The first kappa shape index (κ1) is 17.5. The molecule has 1 aromatic rings. The van der Waals surface area contributed by atoms with Crippen molar-refractivity contribution in [1.29, 1.82) is 0 Å². The SMILES string of the molecule is CC1CCN(C(=O)C2CCCN(C3=NS(=O)(=O)c4ccccc43)C2)CC1. The van der Waals surface area contributed by atoms with Crippen LogP contribution in [0.5, 0.6) is 0 Å². The molecule has 140 valence electrons. The van der Waals surface area contributed by atoms with Crippen molar-refractivity contribution in [2.75, 3.05) is 26.2 Å². The number of rotatable bonds is 1. The van der Waals surface area contributed by atoms with Crippen LogP contribution in [-0.4, -0.2) is 56.1 Å². The average Bonchev–Trinajstić information content (AvgIpc) is 2.94. The van der Waals surface area contributed by atoms with Crippen molar-refractivity contribution >= 4 is 21.8 Å². The summed E-state index contributed by atoms with van der Waals surface area (Å²) in [6, 6.07) is 6.95. The van der Waals surface area contributed by atoms with Crippen LogP contribution in [0.25, 0.3) is 0 Å². The lowest BCUT2D eigenvalue weighted by Gasteiger charge is -2.38. The van der Waals surface area contributed by atoms with E-state index in [1.165, 1.54) is 0 Å². The van der Waals surface area contributed by atoms with Gasteiger partial charge in [-0.2, -0.15) is 8.42 Å². The van der Waals surface area contributed by atoms with Gasteiger partial charge in [-0.15, -0.1) is 4.40 Å². The highest BCUT2D eigenvalue weighted by atomic mass is 32.2. The molecule has 4 rings (SSSR count). The van der Waals surface area contributed by atoms with E-state index in [9.17, 15) is 13.2 Å². The minimum absolute atomic E-state index is 0.0738. The third-order valence-electron chi connectivity index (χ3n) is 5.78. The molecule has 0 N–H and O–H groups in total. The van der Waals surface area contributed by atoms with Crippen molar-refractivity contribution in [3.8, 4) is 0 Å². The van der Waals surface area contributed by atoms with Gasteiger partial charge in [-0.05, 0) is 43.7 Å². The molecule has 0 radical (unpaired) electrons. The number of nitrogens with zero attached hydrogens (tertiary/aromatic N) is 3. The lowest BCUT2D eigenvalue weighted by molar-refractivity contribution is -0.138. The van der Waals surface area contributed by atoms with E-state index in [1.807, 2.05) is 15.9 Å². The first-order valence-corrected chi connectivity index (χ1v) is 10.9. The molecule has 1 amide bonds. The lowest BCUT2D eigenvalue weighted by atomic mass is 9.93. The van der Waals surface area contributed by atoms with Gasteiger partial charge in [0.2, 0.25) is 5.91 Å². The monoisotopic (exact) mass is 375 g/mol. The van der Waals surface area contributed by atoms with Gasteiger partial charge in [-0.1, -0.05) is 19.1 Å². The van der Waals surface area contributed by atoms with E-state index in [-0.39, 0.29) is 16.7 Å². The van der Waals surface area contributed by atoms with Gasteiger partial charge in [0.15, 0.2) is 5.84 Å². The molecule has 1 aromatic carbocycles. The van der Waals surface area contributed by atoms with E-state index in [4.69, 9.17) is 0 Å². The quantitative estimate of drug-likeness (QED) is 0.754. The highest BCUT2D eigenvalue weighted by Gasteiger charge is 2.36. The fraction of sp³-hybridized carbons (Fsp3) is 0.579. The second kappa shape index (κ2) is 6.68. The standard InChI is InChI=1S/C19H25N3O3S/c1-14-8-11-21(12-9-14)19(23)15-5-4-10-22(13-15)18-16-6-2-3-7-17(16)26(24,25)20-18/h2-3,6-7,14-15H,4-5,8-13H2,1H3. The summed E-state index contributed by atoms with van der Waals surface area (Å²) in [4.78, 5) is 17.2. The Morgan fingerprint density at radius 3 is 2.62 bits per heavy atom. The summed E-state index contributed by atoms with van der Waals surface area (Å²) in [5.41, 5.74) is 0.660. The molecule has 6 nitrogen and oxygen atoms in total. The van der Waals surface area contributed by atoms with Gasteiger partial charge in [-0.3, -0.25) is 4.79 Å². The van der Waals surface area contributed by atoms with E-state index < -0.39 is 10.0 Å². The number of fused-ring (bicyclic) bond motifs is 1. The van der Waals surface area contributed by atoms with Gasteiger partial charge in [0.05, 0.1) is 5.92 Å². The molecule has 7 heteroatoms. The van der Waals surface area contributed by atoms with Crippen molar-refractivity contribution < 1.29 is 13.2 Å². The maximum Gasteiger partial charge on any atom is 0.285 e. The van der Waals surface area contributed by atoms with E-state index >= 15 is 0 Å². The van der Waals surface area contributed by atoms with Crippen molar-refractivity contribution in [1.82, 2.24) is 9.80 Å². The van der Waals surface area contributed by atoms with Crippen LogP contribution in [0.15, 0.2) is 33.6 Å². The average molecular weight is 375 g/mol. The molecule has 3 aliphatic rings. The van der Waals surface area contributed by atoms with Gasteiger partial charge in [-0.25, -0.2) is 0 Å². The Balaban J connectivity index is 1.52. The Morgan fingerprint density at radius 2 is 1.85 bits per heavy atom. The van der Waals surface area contributed by atoms with Crippen molar-refractivity contribution in [2.45, 2.75) is 37.5 Å². The summed E-state index contributed by atoms with van der Waals surface area (Å²) >= 11 is 0. The number of amides is 1. The predicted molar refractivity (Wildman–Crippen MR) is 99.4 cm³/mol. The molecule has 0 saturated carbocycles. The van der Waals surface area contributed by atoms with Crippen LogP contribution < -0.4 is 0 Å². The van der Waals surface area contributed by atoms with Gasteiger partial charge >= 0.3 is 0 Å². The van der Waals surface area contributed by atoms with E-state index in [0.29, 0.717) is 23.9 Å². The highest BCUT2D eigenvalue weighted by Crippen LogP contribution is 2.30. The summed E-state index contributed by atoms with van der Waals surface area (Å²) in [6.07, 6.45) is 3.88. The van der Waals surface area contributed by atoms with Crippen LogP contribution in [0.1, 0.15) is 38.2 Å². The first-order valence-electron chi connectivity index (χ1n) is 9.44. The smallest absolute Gasteiger partial charge is 0.285 e. The molecule has 2 fully saturated rings. The number of hydrogen-bond acceptors (Lipinski definition) is 4. The second-order valence-electron chi connectivity index (χ2n) is 7.68. The van der Waals surface area contributed by atoms with E-state index in [0.717, 1.165) is 45.3 Å². The molecular weight excluding hydrogens is 350 g/mol. The minimum atomic E-state index is -3.62. The first-order chi connectivity index (χ1) is 12.5. The molecule has 2 saturated heterocycles. The molecule has 0 aliphatic carbocycles. The summed E-state index contributed by atoms with van der Waals surface area (Å²) in [5.74, 6) is 1.34. The Bertz CT molecular complexity index is 841. The summed E-state index contributed by atoms with van der Waals surface area (Å²) < 4.78 is 28.6. The van der Waals surface area contributed by atoms with Crippen LogP contribution >= 0.6 is 0 Å². The number of carbonyl (C=O) groups is 1. The fourth-order valence-corrected chi connectivity index (χ4v) is 5.40. The number of amidine groups is 1. The molecule has 0 bridgehead atoms. The van der Waals surface area contributed by atoms with Crippen LogP contribution in [-0.2, 0) is 14.8 Å². The number of piperidine rings is 2. The van der Waals surface area contributed by atoms with Crippen molar-refractivity contribution in [3.63, 3.8) is 0 Å². The molecule has 0 spiro atoms. The highest BCUT2D eigenvalue weighted by molar-refractivity contribution is 7.90. The number of benzene rings is 1. The topological polar surface area (TPSA) is 70.1 Å². The molecule has 1 unspecified atom stereocenters. The van der Waals surface area contributed by atoms with Gasteiger partial charge in [0, 0.05) is 31.7 Å². The van der Waals surface area contributed by atoms with Crippen LogP contribution in [0.3, 0.4) is 0 Å². The number of sulfonamides is 1. The zero-order chi connectivity index (χ0) is 18.3. The third-order valence-corrected chi connectivity index (χ3v) is 7.10. The minimum Gasteiger partial charge on any atom is -0.355 e. The normalized spacial score (nSPS) is 25.7. The van der Waals surface area contributed by atoms with Gasteiger partial charge in [0.1, 0.15) is 4.90 Å². The Kier molecular flexibility index (Phi) is 4.50. The number of likely N-dealkylation sites (tertiary alicyclic amines) is 2. The Labute approximate surface area is 154 Å². The zero-order valence-electron chi connectivity index (χ0n) is 15.1. The molecule has 1 atom stereocenters. The molecule has 0 aromatic heterocycles. The molecular formula is C19H25N3O3S. The van der Waals surface area contributed by atoms with Crippen LogP contribution in [0.4, 0.5) is 0 Å². The summed E-state index contributed by atoms with van der Waals surface area (Å²) in [5, 5.41) is 0. The van der Waals surface area contributed by atoms with Gasteiger partial charge in [0.25, 0.3) is 10.0 Å². The van der Waals surface area contributed by atoms with Gasteiger partial charge < -0.3 is 9.80 Å². The Morgan fingerprint density at radius 1 is 1.12 bits per heavy atom. The maximum atomic E-state index is 12.9. The lowest BCUT2D eigenvalue weighted by Crippen LogP contribution is -2.48. The zero-order valence-corrected chi connectivity index (χ0v) is 15.9. The second-order valence-corrected chi connectivity index (χ2v) is 9.25. The largest absolute Gasteiger partial charge is 0.355 e. The molecule has 26 heavy (non-hydrogen) atoms. The van der Waals surface area contributed by atoms with E-state index in [2.05, 4.69) is 11.3 Å². The van der Waals surface area contributed by atoms with Crippen LogP contribution in [0.2, 0.25) is 0 Å². The molecule has 3 aliphatic heterocycles. The van der Waals surface area contributed by atoms with Crippen molar-refractivity contribution in [2.24, 2.45) is 16.2 Å². The number of hydrogen-bond donors (Lipinski definition) is 0. The number of carbonyl (C=O) groups excluding carboxylic acids is 1. The van der Waals surface area contributed by atoms with Crippen molar-refractivity contribution in [3.05, 3.63) is 29.8 Å². The predicted octanol–water partition coefficient (Wildman–Crippen LogP) is 2.11.